The van der Waals surface area contributed by atoms with Gasteiger partial charge >= 0.3 is 0 Å². The molecular formula is C20H27N3O5. The minimum Gasteiger partial charge on any atom is -0.497 e. The van der Waals surface area contributed by atoms with E-state index in [2.05, 4.69) is 29.2 Å². The van der Waals surface area contributed by atoms with Gasteiger partial charge in [0, 0.05) is 31.2 Å². The van der Waals surface area contributed by atoms with Crippen molar-refractivity contribution in [2.45, 2.75) is 19.4 Å². The maximum Gasteiger partial charge on any atom is 0.273 e. The molecule has 1 saturated heterocycles. The molecule has 152 valence electrons. The van der Waals surface area contributed by atoms with E-state index in [4.69, 9.17) is 18.7 Å². The van der Waals surface area contributed by atoms with Crippen molar-refractivity contribution in [2.24, 2.45) is 0 Å². The number of rotatable bonds is 7. The number of hydrogen-bond donors (Lipinski definition) is 1. The zero-order valence-corrected chi connectivity index (χ0v) is 16.8. The van der Waals surface area contributed by atoms with Crippen LogP contribution >= 0.6 is 0 Å². The van der Waals surface area contributed by atoms with E-state index >= 15 is 0 Å². The lowest BCUT2D eigenvalue weighted by Crippen LogP contribution is -2.55. The number of benzene rings is 1. The van der Waals surface area contributed by atoms with Crippen LogP contribution in [0.25, 0.3) is 11.3 Å². The third-order valence-corrected chi connectivity index (χ3v) is 4.96. The van der Waals surface area contributed by atoms with Gasteiger partial charge in [-0.1, -0.05) is 5.16 Å². The molecular weight excluding hydrogens is 362 g/mol. The summed E-state index contributed by atoms with van der Waals surface area (Å²) in [5.41, 5.74) is 0.710. The highest BCUT2D eigenvalue weighted by atomic mass is 16.5. The van der Waals surface area contributed by atoms with Gasteiger partial charge in [-0.2, -0.15) is 0 Å². The molecule has 0 atom stereocenters. The lowest BCUT2D eigenvalue weighted by Gasteiger charge is -2.40. The second kappa shape index (κ2) is 8.62. The topological polar surface area (TPSA) is 86.1 Å². The Hall–Kier alpha value is -2.58. The fraction of sp³-hybridized carbons (Fsp3) is 0.500. The van der Waals surface area contributed by atoms with Crippen LogP contribution in [0.2, 0.25) is 0 Å². The van der Waals surface area contributed by atoms with Crippen molar-refractivity contribution in [1.29, 1.82) is 0 Å². The largest absolute Gasteiger partial charge is 0.497 e. The van der Waals surface area contributed by atoms with E-state index in [-0.39, 0.29) is 17.1 Å². The molecule has 0 bridgehead atoms. The van der Waals surface area contributed by atoms with Crippen LogP contribution in [0.5, 0.6) is 11.5 Å². The number of carbonyl (C=O) groups is 1. The minimum atomic E-state index is -0.279. The predicted octanol–water partition coefficient (Wildman–Crippen LogP) is 2.20. The molecule has 28 heavy (non-hydrogen) atoms. The molecule has 1 N–H and O–H groups in total. The molecule has 8 nitrogen and oxygen atoms in total. The van der Waals surface area contributed by atoms with Gasteiger partial charge in [0.1, 0.15) is 11.5 Å². The summed E-state index contributed by atoms with van der Waals surface area (Å²) in [5.74, 6) is 1.43. The Morgan fingerprint density at radius 2 is 1.96 bits per heavy atom. The van der Waals surface area contributed by atoms with Crippen molar-refractivity contribution in [3.05, 3.63) is 30.0 Å². The fourth-order valence-electron chi connectivity index (χ4n) is 3.18. The molecule has 2 aromatic rings. The zero-order valence-electron chi connectivity index (χ0n) is 16.8. The standard InChI is InChI=1S/C20H27N3O5/c1-20(2,23-7-9-27-10-8-23)13-21-19(24)16-12-18(28-22-16)15-11-14(25-3)5-6-17(15)26-4/h5-6,11-12H,7-10,13H2,1-4H3,(H,21,24). The third-order valence-electron chi connectivity index (χ3n) is 4.96. The Labute approximate surface area is 164 Å². The zero-order chi connectivity index (χ0) is 20.1. The Kier molecular flexibility index (Phi) is 6.21. The van der Waals surface area contributed by atoms with Crippen LogP contribution < -0.4 is 14.8 Å². The van der Waals surface area contributed by atoms with Crippen LogP contribution in [0.1, 0.15) is 24.3 Å². The first kappa shape index (κ1) is 20.2. The van der Waals surface area contributed by atoms with Crippen LogP contribution in [-0.4, -0.2) is 68.6 Å². The Balaban J connectivity index is 1.69. The monoisotopic (exact) mass is 389 g/mol. The summed E-state index contributed by atoms with van der Waals surface area (Å²) in [6.45, 7) is 7.84. The molecule has 0 radical (unpaired) electrons. The summed E-state index contributed by atoms with van der Waals surface area (Å²) in [4.78, 5) is 14.9. The highest BCUT2D eigenvalue weighted by Crippen LogP contribution is 2.33. The molecule has 0 unspecified atom stereocenters. The molecule has 3 rings (SSSR count). The second-order valence-corrected chi connectivity index (χ2v) is 7.24. The van der Waals surface area contributed by atoms with E-state index in [1.54, 1.807) is 38.5 Å². The second-order valence-electron chi connectivity index (χ2n) is 7.24. The van der Waals surface area contributed by atoms with Crippen molar-refractivity contribution in [1.82, 2.24) is 15.4 Å². The molecule has 1 aromatic carbocycles. The fourth-order valence-corrected chi connectivity index (χ4v) is 3.18. The molecule has 1 fully saturated rings. The van der Waals surface area contributed by atoms with Crippen LogP contribution in [0.4, 0.5) is 0 Å². The molecule has 0 saturated carbocycles. The van der Waals surface area contributed by atoms with Gasteiger partial charge < -0.3 is 24.1 Å². The Bertz CT molecular complexity index is 812. The highest BCUT2D eigenvalue weighted by molar-refractivity contribution is 5.93. The molecule has 8 heteroatoms. The summed E-state index contributed by atoms with van der Waals surface area (Å²) in [6.07, 6.45) is 0. The summed E-state index contributed by atoms with van der Waals surface area (Å²) in [7, 11) is 3.16. The minimum absolute atomic E-state index is 0.179. The first-order valence-corrected chi connectivity index (χ1v) is 9.25. The van der Waals surface area contributed by atoms with E-state index in [0.29, 0.717) is 42.6 Å². The summed E-state index contributed by atoms with van der Waals surface area (Å²) < 4.78 is 21.4. The molecule has 2 heterocycles. The number of methoxy groups -OCH3 is 2. The van der Waals surface area contributed by atoms with E-state index in [0.717, 1.165) is 13.1 Å². The molecule has 1 aliphatic rings. The van der Waals surface area contributed by atoms with Crippen LogP contribution in [0.3, 0.4) is 0 Å². The SMILES string of the molecule is COc1ccc(OC)c(-c2cc(C(=O)NCC(C)(C)N3CCOCC3)no2)c1. The van der Waals surface area contributed by atoms with Crippen molar-refractivity contribution < 1.29 is 23.5 Å². The average molecular weight is 389 g/mol. The predicted molar refractivity (Wildman–Crippen MR) is 104 cm³/mol. The Morgan fingerprint density at radius 3 is 2.64 bits per heavy atom. The van der Waals surface area contributed by atoms with E-state index in [1.807, 2.05) is 0 Å². The van der Waals surface area contributed by atoms with Gasteiger partial charge in [0.15, 0.2) is 11.5 Å². The first-order valence-electron chi connectivity index (χ1n) is 9.25. The van der Waals surface area contributed by atoms with Crippen molar-refractivity contribution >= 4 is 5.91 Å². The normalized spacial score (nSPS) is 15.3. The lowest BCUT2D eigenvalue weighted by molar-refractivity contribution is -0.00925. The van der Waals surface area contributed by atoms with Crippen molar-refractivity contribution in [3.63, 3.8) is 0 Å². The number of ether oxygens (including phenoxy) is 3. The number of nitrogens with zero attached hydrogens (tertiary/aromatic N) is 2. The van der Waals surface area contributed by atoms with Crippen LogP contribution in [-0.2, 0) is 4.74 Å². The van der Waals surface area contributed by atoms with Crippen LogP contribution in [0, 0.1) is 0 Å². The molecule has 1 aliphatic heterocycles. The summed E-state index contributed by atoms with van der Waals surface area (Å²) >= 11 is 0. The van der Waals surface area contributed by atoms with Gasteiger partial charge in [-0.05, 0) is 32.0 Å². The van der Waals surface area contributed by atoms with Gasteiger partial charge in [0.25, 0.3) is 5.91 Å². The van der Waals surface area contributed by atoms with Crippen LogP contribution in [0.15, 0.2) is 28.8 Å². The van der Waals surface area contributed by atoms with Crippen molar-refractivity contribution in [3.8, 4) is 22.8 Å². The van der Waals surface area contributed by atoms with Gasteiger partial charge in [-0.15, -0.1) is 0 Å². The quantitative estimate of drug-likeness (QED) is 0.777. The lowest BCUT2D eigenvalue weighted by atomic mass is 10.0. The first-order chi connectivity index (χ1) is 13.4. The van der Waals surface area contributed by atoms with Gasteiger partial charge in [0.05, 0.1) is 33.0 Å². The number of amides is 1. The van der Waals surface area contributed by atoms with E-state index in [9.17, 15) is 4.79 Å². The number of aromatic nitrogens is 1. The third kappa shape index (κ3) is 4.45. The molecule has 0 aliphatic carbocycles. The van der Waals surface area contributed by atoms with E-state index in [1.165, 1.54) is 0 Å². The number of carbonyl (C=O) groups excluding carboxylic acids is 1. The highest BCUT2D eigenvalue weighted by Gasteiger charge is 2.29. The van der Waals surface area contributed by atoms with Crippen molar-refractivity contribution in [2.75, 3.05) is 47.1 Å². The molecule has 1 aromatic heterocycles. The van der Waals surface area contributed by atoms with Gasteiger partial charge in [-0.25, -0.2) is 0 Å². The average Bonchev–Trinajstić information content (AvgIpc) is 3.22. The Morgan fingerprint density at radius 1 is 1.21 bits per heavy atom. The number of morpholine rings is 1. The van der Waals surface area contributed by atoms with E-state index < -0.39 is 0 Å². The van der Waals surface area contributed by atoms with Gasteiger partial charge in [-0.3, -0.25) is 9.69 Å². The molecule has 0 spiro atoms. The summed E-state index contributed by atoms with van der Waals surface area (Å²) in [6, 6.07) is 6.96. The number of nitrogens with one attached hydrogen (secondary N) is 1. The van der Waals surface area contributed by atoms with Gasteiger partial charge in [0.2, 0.25) is 0 Å². The summed E-state index contributed by atoms with van der Waals surface area (Å²) in [5, 5.41) is 6.87. The maximum absolute atomic E-state index is 12.6. The number of hydrogen-bond acceptors (Lipinski definition) is 7. The molecule has 1 amide bonds. The smallest absolute Gasteiger partial charge is 0.273 e. The maximum atomic E-state index is 12.6.